The number of ether oxygens (including phenoxy) is 1. The molecule has 1 aliphatic rings. The fraction of sp³-hybridized carbons (Fsp3) is 0.889. The quantitative estimate of drug-likeness (QED) is 0.680. The van der Waals surface area contributed by atoms with E-state index in [4.69, 9.17) is 4.74 Å². The minimum Gasteiger partial charge on any atom is -0.380 e. The largest absolute Gasteiger partial charge is 0.380 e. The molecule has 0 aromatic rings. The van der Waals surface area contributed by atoms with Gasteiger partial charge in [0.05, 0.1) is 6.10 Å². The van der Waals surface area contributed by atoms with Crippen molar-refractivity contribution in [3.8, 4) is 0 Å². The zero-order chi connectivity index (χ0) is 8.97. The highest BCUT2D eigenvalue weighted by Crippen LogP contribution is 2.14. The lowest BCUT2D eigenvalue weighted by molar-refractivity contribution is -0.118. The lowest BCUT2D eigenvalue weighted by Crippen LogP contribution is -2.46. The van der Waals surface area contributed by atoms with Crippen molar-refractivity contribution in [2.24, 2.45) is 0 Å². The molecule has 1 heterocycles. The van der Waals surface area contributed by atoms with Crippen LogP contribution in [0.15, 0.2) is 0 Å². The topological polar surface area (TPSA) is 38.3 Å². The highest BCUT2D eigenvalue weighted by Gasteiger charge is 2.24. The molecule has 0 bridgehead atoms. The maximum Gasteiger partial charge on any atom is 0.131 e. The Morgan fingerprint density at radius 3 is 3.00 bits per heavy atom. The summed E-state index contributed by atoms with van der Waals surface area (Å²) in [6.07, 6.45) is 3.04. The molecule has 0 aromatic heterocycles. The van der Waals surface area contributed by atoms with Crippen LogP contribution in [0.25, 0.3) is 0 Å². The SMILES string of the molecule is CO[C@@H]1CCCN[C@@H]1CC(C)=O. The minimum atomic E-state index is 0.225. The van der Waals surface area contributed by atoms with E-state index in [1.165, 1.54) is 0 Å². The van der Waals surface area contributed by atoms with Crippen LogP contribution in [0, 0.1) is 0 Å². The lowest BCUT2D eigenvalue weighted by atomic mass is 9.97. The Morgan fingerprint density at radius 2 is 2.42 bits per heavy atom. The van der Waals surface area contributed by atoms with Gasteiger partial charge in [-0.25, -0.2) is 0 Å². The molecular weight excluding hydrogens is 154 g/mol. The van der Waals surface area contributed by atoms with Crippen molar-refractivity contribution >= 4 is 5.78 Å². The third kappa shape index (κ3) is 2.57. The molecule has 1 N–H and O–H groups in total. The van der Waals surface area contributed by atoms with E-state index in [2.05, 4.69) is 5.32 Å². The second kappa shape index (κ2) is 4.58. The summed E-state index contributed by atoms with van der Waals surface area (Å²) in [4.78, 5) is 10.9. The van der Waals surface area contributed by atoms with E-state index in [1.807, 2.05) is 0 Å². The zero-order valence-electron chi connectivity index (χ0n) is 7.80. The molecule has 0 spiro atoms. The van der Waals surface area contributed by atoms with Gasteiger partial charge in [0, 0.05) is 19.6 Å². The Bertz CT molecular complexity index is 159. The molecule has 0 saturated carbocycles. The molecule has 0 unspecified atom stereocenters. The standard InChI is InChI=1S/C9H17NO2/c1-7(11)6-8-9(12-2)4-3-5-10-8/h8-10H,3-6H2,1-2H3/t8-,9-/m1/s1. The van der Waals surface area contributed by atoms with Crippen molar-refractivity contribution < 1.29 is 9.53 Å². The van der Waals surface area contributed by atoms with Crippen LogP contribution in [-0.4, -0.2) is 31.6 Å². The van der Waals surface area contributed by atoms with Crippen LogP contribution >= 0.6 is 0 Å². The number of carbonyl (C=O) groups is 1. The molecule has 12 heavy (non-hydrogen) atoms. The Morgan fingerprint density at radius 1 is 1.67 bits per heavy atom. The normalized spacial score (nSPS) is 30.2. The molecule has 1 aliphatic heterocycles. The van der Waals surface area contributed by atoms with Crippen molar-refractivity contribution in [1.29, 1.82) is 0 Å². The van der Waals surface area contributed by atoms with Crippen molar-refractivity contribution in [1.82, 2.24) is 5.32 Å². The maximum atomic E-state index is 10.9. The summed E-state index contributed by atoms with van der Waals surface area (Å²) in [6, 6.07) is 0.237. The van der Waals surface area contributed by atoms with Crippen molar-refractivity contribution in [3.63, 3.8) is 0 Å². The number of carbonyl (C=O) groups excluding carboxylic acids is 1. The van der Waals surface area contributed by atoms with Gasteiger partial charge in [-0.1, -0.05) is 0 Å². The van der Waals surface area contributed by atoms with Gasteiger partial charge in [-0.3, -0.25) is 4.79 Å². The summed E-state index contributed by atoms with van der Waals surface area (Å²) < 4.78 is 5.29. The molecular formula is C9H17NO2. The van der Waals surface area contributed by atoms with E-state index in [-0.39, 0.29) is 17.9 Å². The first-order valence-corrected chi connectivity index (χ1v) is 4.49. The summed E-state index contributed by atoms with van der Waals surface area (Å²) in [7, 11) is 1.71. The number of hydrogen-bond acceptors (Lipinski definition) is 3. The van der Waals surface area contributed by atoms with Gasteiger partial charge in [0.15, 0.2) is 0 Å². The summed E-state index contributed by atoms with van der Waals surface area (Å²) >= 11 is 0. The van der Waals surface area contributed by atoms with Crippen molar-refractivity contribution in [2.45, 2.75) is 38.3 Å². The number of methoxy groups -OCH3 is 1. The van der Waals surface area contributed by atoms with E-state index >= 15 is 0 Å². The molecule has 1 rings (SSSR count). The van der Waals surface area contributed by atoms with Crippen molar-refractivity contribution in [3.05, 3.63) is 0 Å². The van der Waals surface area contributed by atoms with E-state index in [9.17, 15) is 4.79 Å². The average Bonchev–Trinajstić information content (AvgIpc) is 2.04. The first-order valence-electron chi connectivity index (χ1n) is 4.49. The Balaban J connectivity index is 2.41. The molecule has 3 heteroatoms. The molecule has 70 valence electrons. The number of ketones is 1. The monoisotopic (exact) mass is 171 g/mol. The number of Topliss-reactive ketones (excluding diaryl/α,β-unsaturated/α-hetero) is 1. The fourth-order valence-electron chi connectivity index (χ4n) is 1.72. The molecule has 1 fully saturated rings. The van der Waals surface area contributed by atoms with Crippen molar-refractivity contribution in [2.75, 3.05) is 13.7 Å². The number of rotatable bonds is 3. The Kier molecular flexibility index (Phi) is 3.69. The van der Waals surface area contributed by atoms with Gasteiger partial charge in [-0.05, 0) is 26.3 Å². The van der Waals surface area contributed by atoms with Gasteiger partial charge >= 0.3 is 0 Å². The van der Waals surface area contributed by atoms with Crippen LogP contribution in [0.2, 0.25) is 0 Å². The smallest absolute Gasteiger partial charge is 0.131 e. The molecule has 2 atom stereocenters. The van der Waals surface area contributed by atoms with Crippen LogP contribution in [0.3, 0.4) is 0 Å². The van der Waals surface area contributed by atoms with Crippen LogP contribution < -0.4 is 5.32 Å². The third-order valence-corrected chi connectivity index (χ3v) is 2.33. The Hall–Kier alpha value is -0.410. The summed E-state index contributed by atoms with van der Waals surface area (Å²) in [6.45, 7) is 2.64. The molecule has 3 nitrogen and oxygen atoms in total. The molecule has 1 saturated heterocycles. The number of hydrogen-bond donors (Lipinski definition) is 1. The maximum absolute atomic E-state index is 10.9. The first kappa shape index (κ1) is 9.68. The highest BCUT2D eigenvalue weighted by atomic mass is 16.5. The molecule has 0 aliphatic carbocycles. The lowest BCUT2D eigenvalue weighted by Gasteiger charge is -2.30. The second-order valence-electron chi connectivity index (χ2n) is 3.38. The van der Waals surface area contributed by atoms with Crippen LogP contribution in [-0.2, 0) is 9.53 Å². The van der Waals surface area contributed by atoms with E-state index in [0.29, 0.717) is 6.42 Å². The highest BCUT2D eigenvalue weighted by molar-refractivity contribution is 5.76. The fourth-order valence-corrected chi connectivity index (χ4v) is 1.72. The number of piperidine rings is 1. The number of nitrogens with one attached hydrogen (secondary N) is 1. The van der Waals surface area contributed by atoms with Gasteiger partial charge in [-0.15, -0.1) is 0 Å². The summed E-state index contributed by atoms with van der Waals surface area (Å²) in [5, 5.41) is 3.31. The molecule has 0 aromatic carbocycles. The summed E-state index contributed by atoms with van der Waals surface area (Å²) in [5.41, 5.74) is 0. The molecule has 0 radical (unpaired) electrons. The molecule has 0 amide bonds. The third-order valence-electron chi connectivity index (χ3n) is 2.33. The van der Waals surface area contributed by atoms with Gasteiger partial charge in [-0.2, -0.15) is 0 Å². The van der Waals surface area contributed by atoms with Gasteiger partial charge in [0.1, 0.15) is 5.78 Å². The van der Waals surface area contributed by atoms with E-state index in [1.54, 1.807) is 14.0 Å². The van der Waals surface area contributed by atoms with E-state index in [0.717, 1.165) is 19.4 Å². The van der Waals surface area contributed by atoms with Crippen LogP contribution in [0.1, 0.15) is 26.2 Å². The Labute approximate surface area is 73.5 Å². The zero-order valence-corrected chi connectivity index (χ0v) is 7.80. The van der Waals surface area contributed by atoms with Crippen LogP contribution in [0.4, 0.5) is 0 Å². The predicted octanol–water partition coefficient (Wildman–Crippen LogP) is 0.732. The second-order valence-corrected chi connectivity index (χ2v) is 3.38. The predicted molar refractivity (Wildman–Crippen MR) is 47.1 cm³/mol. The minimum absolute atomic E-state index is 0.225. The van der Waals surface area contributed by atoms with E-state index < -0.39 is 0 Å². The summed E-state index contributed by atoms with van der Waals surface area (Å²) in [5.74, 6) is 0.233. The average molecular weight is 171 g/mol. The van der Waals surface area contributed by atoms with Gasteiger partial charge < -0.3 is 10.1 Å². The van der Waals surface area contributed by atoms with Gasteiger partial charge in [0.2, 0.25) is 0 Å². The van der Waals surface area contributed by atoms with Crippen LogP contribution in [0.5, 0.6) is 0 Å². The first-order chi connectivity index (χ1) is 5.74. The van der Waals surface area contributed by atoms with Gasteiger partial charge in [0.25, 0.3) is 0 Å².